The molecule has 3 atom stereocenters. The standard InChI is InChI=1S/C18H35N3O2S/c1-14-12-20(13-15(2)23-14)8-4-16-5-9-21(10-6-16)18(22)17(19)7-11-24-3/h14-17H,4-13,19H2,1-3H3/t14?,15?,17-/m0/s1. The normalized spacial score (nSPS) is 28.1. The summed E-state index contributed by atoms with van der Waals surface area (Å²) in [5.41, 5.74) is 6.03. The molecule has 6 heteroatoms. The summed E-state index contributed by atoms with van der Waals surface area (Å²) in [5.74, 6) is 1.85. The van der Waals surface area contributed by atoms with Crippen LogP contribution >= 0.6 is 11.8 Å². The third kappa shape index (κ3) is 6.21. The molecule has 0 bridgehead atoms. The van der Waals surface area contributed by atoms with Crippen molar-refractivity contribution in [3.63, 3.8) is 0 Å². The molecular formula is C18H35N3O2S. The molecular weight excluding hydrogens is 322 g/mol. The van der Waals surface area contributed by atoms with Gasteiger partial charge in [-0.3, -0.25) is 9.69 Å². The van der Waals surface area contributed by atoms with Crippen LogP contribution in [0.3, 0.4) is 0 Å². The van der Waals surface area contributed by atoms with Crippen molar-refractivity contribution in [3.8, 4) is 0 Å². The lowest BCUT2D eigenvalue weighted by Gasteiger charge is -2.37. The van der Waals surface area contributed by atoms with Gasteiger partial charge in [-0.25, -0.2) is 0 Å². The maximum Gasteiger partial charge on any atom is 0.239 e. The minimum Gasteiger partial charge on any atom is -0.373 e. The first-order chi connectivity index (χ1) is 11.5. The van der Waals surface area contributed by atoms with Crippen molar-refractivity contribution in [1.82, 2.24) is 9.80 Å². The molecule has 2 aliphatic heterocycles. The van der Waals surface area contributed by atoms with E-state index in [1.54, 1.807) is 11.8 Å². The van der Waals surface area contributed by atoms with Gasteiger partial charge in [0.2, 0.25) is 5.91 Å². The Labute approximate surface area is 151 Å². The molecule has 2 N–H and O–H groups in total. The number of likely N-dealkylation sites (tertiary alicyclic amines) is 1. The minimum atomic E-state index is -0.315. The van der Waals surface area contributed by atoms with Crippen LogP contribution in [0.2, 0.25) is 0 Å². The van der Waals surface area contributed by atoms with Crippen molar-refractivity contribution < 1.29 is 9.53 Å². The Morgan fingerprint density at radius 1 is 1.25 bits per heavy atom. The number of hydrogen-bond acceptors (Lipinski definition) is 5. The highest BCUT2D eigenvalue weighted by molar-refractivity contribution is 7.98. The van der Waals surface area contributed by atoms with E-state index in [0.717, 1.165) is 63.7 Å². The Morgan fingerprint density at radius 2 is 1.88 bits per heavy atom. The first-order valence-corrected chi connectivity index (χ1v) is 10.8. The molecule has 2 unspecified atom stereocenters. The van der Waals surface area contributed by atoms with Crippen LogP contribution in [0, 0.1) is 5.92 Å². The first kappa shape index (κ1) is 20.0. The summed E-state index contributed by atoms with van der Waals surface area (Å²) in [7, 11) is 0. The quantitative estimate of drug-likeness (QED) is 0.753. The molecule has 2 saturated heterocycles. The van der Waals surface area contributed by atoms with Gasteiger partial charge in [-0.1, -0.05) is 0 Å². The number of amides is 1. The number of ether oxygens (including phenoxy) is 1. The zero-order valence-corrected chi connectivity index (χ0v) is 16.4. The average Bonchev–Trinajstić information content (AvgIpc) is 2.57. The maximum atomic E-state index is 12.4. The van der Waals surface area contributed by atoms with Gasteiger partial charge >= 0.3 is 0 Å². The molecule has 0 saturated carbocycles. The second kappa shape index (κ2) is 10.00. The van der Waals surface area contributed by atoms with E-state index in [9.17, 15) is 4.79 Å². The van der Waals surface area contributed by atoms with Gasteiger partial charge in [-0.05, 0) is 64.0 Å². The third-order valence-corrected chi connectivity index (χ3v) is 5.87. The molecule has 2 rings (SSSR count). The molecule has 0 aliphatic carbocycles. The summed E-state index contributed by atoms with van der Waals surface area (Å²) in [4.78, 5) is 16.9. The van der Waals surface area contributed by atoms with Gasteiger partial charge in [0.25, 0.3) is 0 Å². The molecule has 0 aromatic carbocycles. The van der Waals surface area contributed by atoms with Gasteiger partial charge in [-0.15, -0.1) is 0 Å². The van der Waals surface area contributed by atoms with Gasteiger partial charge in [0, 0.05) is 26.2 Å². The van der Waals surface area contributed by atoms with Crippen molar-refractivity contribution >= 4 is 17.7 Å². The Hall–Kier alpha value is -0.300. The lowest BCUT2D eigenvalue weighted by Crippen LogP contribution is -2.48. The number of piperidine rings is 1. The van der Waals surface area contributed by atoms with E-state index in [-0.39, 0.29) is 11.9 Å². The first-order valence-electron chi connectivity index (χ1n) is 9.40. The van der Waals surface area contributed by atoms with E-state index in [1.807, 2.05) is 4.90 Å². The number of nitrogens with zero attached hydrogens (tertiary/aromatic N) is 2. The van der Waals surface area contributed by atoms with E-state index in [1.165, 1.54) is 6.42 Å². The van der Waals surface area contributed by atoms with E-state index in [2.05, 4.69) is 25.0 Å². The molecule has 2 heterocycles. The molecule has 2 aliphatic rings. The van der Waals surface area contributed by atoms with E-state index < -0.39 is 0 Å². The lowest BCUT2D eigenvalue weighted by atomic mass is 9.92. The van der Waals surface area contributed by atoms with E-state index in [4.69, 9.17) is 10.5 Å². The van der Waals surface area contributed by atoms with Gasteiger partial charge in [0.15, 0.2) is 0 Å². The zero-order valence-electron chi connectivity index (χ0n) is 15.6. The number of carbonyl (C=O) groups excluding carboxylic acids is 1. The fourth-order valence-corrected chi connectivity index (χ4v) is 4.37. The van der Waals surface area contributed by atoms with Crippen molar-refractivity contribution in [2.75, 3.05) is 44.7 Å². The highest BCUT2D eigenvalue weighted by Gasteiger charge is 2.27. The fourth-order valence-electron chi connectivity index (χ4n) is 3.88. The van der Waals surface area contributed by atoms with Crippen molar-refractivity contribution in [3.05, 3.63) is 0 Å². The third-order valence-electron chi connectivity index (χ3n) is 5.23. The van der Waals surface area contributed by atoms with Crippen LogP contribution in [0.15, 0.2) is 0 Å². The zero-order chi connectivity index (χ0) is 17.5. The molecule has 2 fully saturated rings. The van der Waals surface area contributed by atoms with Crippen LogP contribution in [0.1, 0.15) is 39.5 Å². The number of nitrogens with two attached hydrogens (primary N) is 1. The number of morpholine rings is 1. The summed E-state index contributed by atoms with van der Waals surface area (Å²) in [6.45, 7) is 9.33. The SMILES string of the molecule is CSCC[C@H](N)C(=O)N1CCC(CCN2CC(C)OC(C)C2)CC1. The molecule has 0 radical (unpaired) electrons. The summed E-state index contributed by atoms with van der Waals surface area (Å²) in [6.07, 6.45) is 7.01. The highest BCUT2D eigenvalue weighted by Crippen LogP contribution is 2.22. The molecule has 140 valence electrons. The number of hydrogen-bond donors (Lipinski definition) is 1. The smallest absolute Gasteiger partial charge is 0.239 e. The Bertz CT molecular complexity index is 378. The van der Waals surface area contributed by atoms with Crippen LogP contribution in [0.5, 0.6) is 0 Å². The lowest BCUT2D eigenvalue weighted by molar-refractivity contribution is -0.134. The van der Waals surface area contributed by atoms with Crippen LogP contribution in [0.4, 0.5) is 0 Å². The molecule has 0 aromatic rings. The van der Waals surface area contributed by atoms with E-state index in [0.29, 0.717) is 12.2 Å². The topological polar surface area (TPSA) is 58.8 Å². The second-order valence-corrected chi connectivity index (χ2v) is 8.45. The van der Waals surface area contributed by atoms with Gasteiger partial charge in [0.05, 0.1) is 18.2 Å². The van der Waals surface area contributed by atoms with E-state index >= 15 is 0 Å². The number of rotatable bonds is 7. The Morgan fingerprint density at radius 3 is 2.46 bits per heavy atom. The average molecular weight is 358 g/mol. The van der Waals surface area contributed by atoms with Gasteiger partial charge < -0.3 is 15.4 Å². The maximum absolute atomic E-state index is 12.4. The molecule has 1 amide bonds. The summed E-state index contributed by atoms with van der Waals surface area (Å²) >= 11 is 1.75. The fraction of sp³-hybridized carbons (Fsp3) is 0.944. The Balaban J connectivity index is 1.66. The predicted octanol–water partition coefficient (Wildman–Crippen LogP) is 1.80. The molecule has 0 spiro atoms. The van der Waals surface area contributed by atoms with Crippen molar-refractivity contribution in [1.29, 1.82) is 0 Å². The monoisotopic (exact) mass is 357 g/mol. The molecule has 24 heavy (non-hydrogen) atoms. The summed E-state index contributed by atoms with van der Waals surface area (Å²) < 4.78 is 5.80. The van der Waals surface area contributed by atoms with Crippen LogP contribution in [-0.2, 0) is 9.53 Å². The van der Waals surface area contributed by atoms with Gasteiger partial charge in [-0.2, -0.15) is 11.8 Å². The molecule has 0 aromatic heterocycles. The van der Waals surface area contributed by atoms with Crippen LogP contribution in [-0.4, -0.2) is 78.7 Å². The Kier molecular flexibility index (Phi) is 8.34. The summed E-state index contributed by atoms with van der Waals surface area (Å²) in [5, 5.41) is 0. The minimum absolute atomic E-state index is 0.151. The van der Waals surface area contributed by atoms with Gasteiger partial charge in [0.1, 0.15) is 0 Å². The summed E-state index contributed by atoms with van der Waals surface area (Å²) in [6, 6.07) is -0.315. The highest BCUT2D eigenvalue weighted by atomic mass is 32.2. The number of carbonyl (C=O) groups is 1. The predicted molar refractivity (Wildman–Crippen MR) is 101 cm³/mol. The molecule has 5 nitrogen and oxygen atoms in total. The largest absolute Gasteiger partial charge is 0.373 e. The van der Waals surface area contributed by atoms with Crippen molar-refractivity contribution in [2.45, 2.75) is 57.8 Å². The number of thioether (sulfide) groups is 1. The van der Waals surface area contributed by atoms with Crippen LogP contribution < -0.4 is 5.73 Å². The van der Waals surface area contributed by atoms with Crippen molar-refractivity contribution in [2.24, 2.45) is 11.7 Å². The second-order valence-electron chi connectivity index (χ2n) is 7.46. The van der Waals surface area contributed by atoms with Crippen LogP contribution in [0.25, 0.3) is 0 Å².